The fourth-order valence-corrected chi connectivity index (χ4v) is 5.18. The van der Waals surface area contributed by atoms with Gasteiger partial charge >= 0.3 is 6.09 Å². The van der Waals surface area contributed by atoms with E-state index in [1.165, 1.54) is 24.2 Å². The summed E-state index contributed by atoms with van der Waals surface area (Å²) >= 11 is 6.28. The number of nitrogens with one attached hydrogen (secondary N) is 2. The van der Waals surface area contributed by atoms with Gasteiger partial charge in [0.1, 0.15) is 12.4 Å². The molecule has 6 rings (SSSR count). The highest BCUT2D eigenvalue weighted by Crippen LogP contribution is 2.33. The molecule has 1 aliphatic rings. The van der Waals surface area contributed by atoms with Gasteiger partial charge in [0.25, 0.3) is 5.56 Å². The number of pyridine rings is 1. The van der Waals surface area contributed by atoms with E-state index in [1.54, 1.807) is 41.0 Å². The topological polar surface area (TPSA) is 133 Å². The van der Waals surface area contributed by atoms with E-state index in [1.807, 2.05) is 24.3 Å². The maximum absolute atomic E-state index is 13.3. The highest BCUT2D eigenvalue weighted by atomic mass is 35.5. The second-order valence-electron chi connectivity index (χ2n) is 9.30. The van der Waals surface area contributed by atoms with Crippen LogP contribution in [0.1, 0.15) is 18.2 Å². The van der Waals surface area contributed by atoms with E-state index < -0.39 is 12.1 Å². The van der Waals surface area contributed by atoms with Crippen LogP contribution in [0.3, 0.4) is 0 Å². The quantitative estimate of drug-likeness (QED) is 0.324. The number of fused-ring (bicyclic) bond motifs is 2. The maximum Gasteiger partial charge on any atom is 0.411 e. The van der Waals surface area contributed by atoms with E-state index in [0.717, 1.165) is 16.5 Å². The molecule has 0 saturated heterocycles. The smallest absolute Gasteiger partial charge is 0.411 e. The fourth-order valence-electron chi connectivity index (χ4n) is 5.01. The third-order valence-corrected chi connectivity index (χ3v) is 7.08. The normalized spacial score (nSPS) is 14.1. The summed E-state index contributed by atoms with van der Waals surface area (Å²) in [6, 6.07) is 18.9. The second-order valence-corrected chi connectivity index (χ2v) is 9.73. The number of carbonyl (C=O) groups excluding carboxylic acids is 2. The van der Waals surface area contributed by atoms with Crippen LogP contribution in [0.2, 0.25) is 5.02 Å². The van der Waals surface area contributed by atoms with Gasteiger partial charge in [-0.15, -0.1) is 5.10 Å². The molecule has 11 nitrogen and oxygen atoms in total. The molecule has 2 N–H and O–H groups in total. The first-order valence-corrected chi connectivity index (χ1v) is 12.8. The van der Waals surface area contributed by atoms with Gasteiger partial charge in [-0.3, -0.25) is 14.9 Å². The largest absolute Gasteiger partial charge is 0.453 e. The van der Waals surface area contributed by atoms with Crippen molar-refractivity contribution in [1.29, 1.82) is 0 Å². The van der Waals surface area contributed by atoms with Crippen LogP contribution >= 0.6 is 11.6 Å². The summed E-state index contributed by atoms with van der Waals surface area (Å²) in [5.74, 6) is -0.283. The summed E-state index contributed by atoms with van der Waals surface area (Å²) < 4.78 is 7.69. The number of carbonyl (C=O) groups is 2. The molecule has 12 heteroatoms. The summed E-state index contributed by atoms with van der Waals surface area (Å²) in [7, 11) is 1.29. The van der Waals surface area contributed by atoms with Crippen LogP contribution in [-0.4, -0.2) is 43.9 Å². The SMILES string of the molecule is COC(=O)Nc1ccc2ccc(NC(=O)[C@@H]3CCc4cc(-c5cc(Cl)ccc5-n5cnnn5)cc(=O)n43)cc2c1. The van der Waals surface area contributed by atoms with Crippen molar-refractivity contribution >= 4 is 45.7 Å². The van der Waals surface area contributed by atoms with Crippen molar-refractivity contribution in [3.63, 3.8) is 0 Å². The van der Waals surface area contributed by atoms with Gasteiger partial charge in [-0.2, -0.15) is 4.68 Å². The van der Waals surface area contributed by atoms with E-state index >= 15 is 0 Å². The Bertz CT molecular complexity index is 1840. The lowest BCUT2D eigenvalue weighted by Gasteiger charge is -2.16. The minimum Gasteiger partial charge on any atom is -0.453 e. The molecule has 0 bridgehead atoms. The zero-order valence-corrected chi connectivity index (χ0v) is 21.9. The summed E-state index contributed by atoms with van der Waals surface area (Å²) in [6.07, 6.45) is 1.94. The van der Waals surface area contributed by atoms with Crippen LogP contribution in [0.15, 0.2) is 77.9 Å². The number of nitrogens with zero attached hydrogens (tertiary/aromatic N) is 5. The number of benzene rings is 3. The van der Waals surface area contributed by atoms with Gasteiger partial charge in [0.05, 0.1) is 12.8 Å². The van der Waals surface area contributed by atoms with Gasteiger partial charge in [0.2, 0.25) is 5.91 Å². The van der Waals surface area contributed by atoms with Gasteiger partial charge in [0.15, 0.2) is 0 Å². The average Bonchev–Trinajstić information content (AvgIpc) is 3.64. The minimum absolute atomic E-state index is 0.283. The van der Waals surface area contributed by atoms with Crippen molar-refractivity contribution in [3.8, 4) is 16.8 Å². The van der Waals surface area contributed by atoms with E-state index in [0.29, 0.717) is 46.1 Å². The van der Waals surface area contributed by atoms with Gasteiger partial charge < -0.3 is 14.6 Å². The standard InChI is InChI=1S/C28H22ClN7O4/c1-40-28(39)32-21-6-3-16-2-5-20(10-17(16)11-21)31-27(38)25-9-7-22-12-18(13-26(37)36(22)25)23-14-19(29)4-8-24(23)35-15-30-33-34-35/h2-6,8,10-15,25H,7,9H2,1H3,(H,31,38)(H,32,39)/t25-/m0/s1. The summed E-state index contributed by atoms with van der Waals surface area (Å²) in [5, 5.41) is 19.2. The predicted octanol–water partition coefficient (Wildman–Crippen LogP) is 4.60. The van der Waals surface area contributed by atoms with Crippen molar-refractivity contribution in [2.75, 3.05) is 17.7 Å². The molecule has 0 fully saturated rings. The number of anilines is 2. The van der Waals surface area contributed by atoms with E-state index in [-0.39, 0.29) is 11.5 Å². The molecular formula is C28H22ClN7O4. The molecule has 40 heavy (non-hydrogen) atoms. The molecule has 1 atom stereocenters. The number of hydrogen-bond donors (Lipinski definition) is 2. The first-order chi connectivity index (χ1) is 19.4. The van der Waals surface area contributed by atoms with Gasteiger partial charge in [-0.1, -0.05) is 23.7 Å². The maximum atomic E-state index is 13.3. The first kappa shape index (κ1) is 25.3. The predicted molar refractivity (Wildman–Crippen MR) is 150 cm³/mol. The van der Waals surface area contributed by atoms with Crippen LogP contribution in [-0.2, 0) is 16.0 Å². The van der Waals surface area contributed by atoms with Gasteiger partial charge in [-0.25, -0.2) is 4.79 Å². The zero-order valence-electron chi connectivity index (χ0n) is 21.2. The highest BCUT2D eigenvalue weighted by Gasteiger charge is 2.30. The monoisotopic (exact) mass is 555 g/mol. The minimum atomic E-state index is -0.655. The number of ether oxygens (including phenoxy) is 1. The number of halogens is 1. The highest BCUT2D eigenvalue weighted by molar-refractivity contribution is 6.31. The second kappa shape index (κ2) is 10.3. The number of aromatic nitrogens is 5. The molecule has 0 spiro atoms. The molecule has 5 aromatic rings. The Hall–Kier alpha value is -5.03. The molecule has 0 saturated carbocycles. The molecular weight excluding hydrogens is 534 g/mol. The van der Waals surface area contributed by atoms with Crippen LogP contribution in [0.4, 0.5) is 16.2 Å². The van der Waals surface area contributed by atoms with E-state index in [4.69, 9.17) is 11.6 Å². The Kier molecular flexibility index (Phi) is 6.48. The van der Waals surface area contributed by atoms with Crippen molar-refractivity contribution in [3.05, 3.63) is 94.1 Å². The third kappa shape index (κ3) is 4.78. The molecule has 3 heterocycles. The number of amides is 2. The fraction of sp³-hybridized carbons (Fsp3) is 0.143. The Labute approximate surface area is 232 Å². The lowest BCUT2D eigenvalue weighted by atomic mass is 10.0. The summed E-state index contributed by atoms with van der Waals surface area (Å²) in [6.45, 7) is 0. The molecule has 200 valence electrons. The van der Waals surface area contributed by atoms with E-state index in [2.05, 4.69) is 30.9 Å². The van der Waals surface area contributed by atoms with Gasteiger partial charge in [0, 0.05) is 33.7 Å². The van der Waals surface area contributed by atoms with E-state index in [9.17, 15) is 14.4 Å². The van der Waals surface area contributed by atoms with Crippen molar-refractivity contribution < 1.29 is 14.3 Å². The third-order valence-electron chi connectivity index (χ3n) is 6.84. The summed E-state index contributed by atoms with van der Waals surface area (Å²) in [4.78, 5) is 38.2. The summed E-state index contributed by atoms with van der Waals surface area (Å²) in [5.41, 5.74) is 3.65. The molecule has 0 unspecified atom stereocenters. The van der Waals surface area contributed by atoms with Gasteiger partial charge in [-0.05, 0) is 88.1 Å². The Morgan fingerprint density at radius 2 is 1.75 bits per heavy atom. The number of tetrazole rings is 1. The average molecular weight is 556 g/mol. The Morgan fingerprint density at radius 3 is 2.48 bits per heavy atom. The molecule has 2 aromatic heterocycles. The number of aryl methyl sites for hydroxylation is 1. The molecule has 1 aliphatic heterocycles. The number of hydrogen-bond acceptors (Lipinski definition) is 7. The Balaban J connectivity index is 1.27. The molecule has 3 aromatic carbocycles. The Morgan fingerprint density at radius 1 is 0.975 bits per heavy atom. The lowest BCUT2D eigenvalue weighted by Crippen LogP contribution is -2.31. The lowest BCUT2D eigenvalue weighted by molar-refractivity contribution is -0.119. The van der Waals surface area contributed by atoms with Crippen LogP contribution in [0, 0.1) is 0 Å². The molecule has 0 radical (unpaired) electrons. The van der Waals surface area contributed by atoms with Crippen LogP contribution < -0.4 is 16.2 Å². The van der Waals surface area contributed by atoms with Crippen molar-refractivity contribution in [2.45, 2.75) is 18.9 Å². The number of rotatable bonds is 5. The van der Waals surface area contributed by atoms with Crippen molar-refractivity contribution in [1.82, 2.24) is 24.8 Å². The first-order valence-electron chi connectivity index (χ1n) is 12.4. The number of methoxy groups -OCH3 is 1. The van der Waals surface area contributed by atoms with Crippen LogP contribution in [0.5, 0.6) is 0 Å². The molecule has 0 aliphatic carbocycles. The molecule has 2 amide bonds. The van der Waals surface area contributed by atoms with Crippen LogP contribution in [0.25, 0.3) is 27.6 Å². The zero-order chi connectivity index (χ0) is 27.8. The van der Waals surface area contributed by atoms with Crippen molar-refractivity contribution in [2.24, 2.45) is 0 Å².